The molecule has 16 heavy (non-hydrogen) atoms. The molecule has 0 bridgehead atoms. The van der Waals surface area contributed by atoms with Crippen LogP contribution in [-0.4, -0.2) is 6.36 Å². The van der Waals surface area contributed by atoms with E-state index in [0.29, 0.717) is 12.0 Å². The molecule has 1 atom stereocenters. The number of hydrogen-bond acceptors (Lipinski definition) is 2. The number of hydrogen-bond donors (Lipinski definition) is 1. The molecule has 1 rings (SSSR count). The van der Waals surface area contributed by atoms with E-state index in [2.05, 4.69) is 11.3 Å². The maximum atomic E-state index is 12.0. The fourth-order valence-corrected chi connectivity index (χ4v) is 1.26. The Morgan fingerprint density at radius 3 is 2.69 bits per heavy atom. The molecule has 0 aliphatic rings. The van der Waals surface area contributed by atoms with Crippen LogP contribution in [0.25, 0.3) is 0 Å². The zero-order valence-corrected chi connectivity index (χ0v) is 8.50. The van der Waals surface area contributed by atoms with E-state index in [1.807, 2.05) is 0 Å². The largest absolute Gasteiger partial charge is 0.573 e. The Kier molecular flexibility index (Phi) is 3.95. The summed E-state index contributed by atoms with van der Waals surface area (Å²) in [5.74, 6) is -0.260. The van der Waals surface area contributed by atoms with E-state index in [-0.39, 0.29) is 11.8 Å². The van der Waals surface area contributed by atoms with Crippen LogP contribution >= 0.6 is 0 Å². The molecule has 0 aliphatic heterocycles. The smallest absolute Gasteiger partial charge is 0.406 e. The Labute approximate surface area is 91.5 Å². The lowest BCUT2D eigenvalue weighted by Gasteiger charge is -2.13. The summed E-state index contributed by atoms with van der Waals surface area (Å²) < 4.78 is 39.6. The highest BCUT2D eigenvalue weighted by Crippen LogP contribution is 2.25. The van der Waals surface area contributed by atoms with Crippen molar-refractivity contribution in [2.45, 2.75) is 18.8 Å². The van der Waals surface area contributed by atoms with Crippen LogP contribution < -0.4 is 10.5 Å². The molecular formula is C11H12F3NO. The summed E-state index contributed by atoms with van der Waals surface area (Å²) in [4.78, 5) is 0. The van der Waals surface area contributed by atoms with Crippen LogP contribution in [0.5, 0.6) is 5.75 Å². The van der Waals surface area contributed by atoms with Gasteiger partial charge in [0.1, 0.15) is 5.75 Å². The van der Waals surface area contributed by atoms with Crippen molar-refractivity contribution in [3.8, 4) is 5.75 Å². The van der Waals surface area contributed by atoms with Crippen molar-refractivity contribution < 1.29 is 17.9 Å². The van der Waals surface area contributed by atoms with Gasteiger partial charge in [0.25, 0.3) is 0 Å². The molecule has 5 heteroatoms. The monoisotopic (exact) mass is 231 g/mol. The lowest BCUT2D eigenvalue weighted by molar-refractivity contribution is -0.274. The van der Waals surface area contributed by atoms with Gasteiger partial charge in [-0.25, -0.2) is 0 Å². The third kappa shape index (κ3) is 3.94. The third-order valence-corrected chi connectivity index (χ3v) is 1.94. The maximum Gasteiger partial charge on any atom is 0.573 e. The number of benzene rings is 1. The normalized spacial score (nSPS) is 13.2. The summed E-state index contributed by atoms with van der Waals surface area (Å²) in [6.07, 6.45) is -2.57. The summed E-state index contributed by atoms with van der Waals surface area (Å²) in [5.41, 5.74) is 6.31. The van der Waals surface area contributed by atoms with Gasteiger partial charge < -0.3 is 10.5 Å². The molecule has 0 radical (unpaired) electrons. The minimum Gasteiger partial charge on any atom is -0.406 e. The van der Waals surface area contributed by atoms with Crippen LogP contribution in [0.1, 0.15) is 18.0 Å². The number of rotatable bonds is 4. The first-order valence-electron chi connectivity index (χ1n) is 4.64. The first-order chi connectivity index (χ1) is 7.42. The van der Waals surface area contributed by atoms with Gasteiger partial charge in [-0.15, -0.1) is 19.8 Å². The zero-order valence-electron chi connectivity index (χ0n) is 8.50. The van der Waals surface area contributed by atoms with Gasteiger partial charge in [-0.05, 0) is 24.1 Å². The molecule has 88 valence electrons. The predicted octanol–water partition coefficient (Wildman–Crippen LogP) is 3.16. The quantitative estimate of drug-likeness (QED) is 0.808. The van der Waals surface area contributed by atoms with Crippen LogP contribution in [0.2, 0.25) is 0 Å². The van der Waals surface area contributed by atoms with Gasteiger partial charge in [0.15, 0.2) is 0 Å². The molecule has 1 aromatic rings. The summed E-state index contributed by atoms with van der Waals surface area (Å²) in [5, 5.41) is 0. The van der Waals surface area contributed by atoms with E-state index in [9.17, 15) is 13.2 Å². The van der Waals surface area contributed by atoms with Gasteiger partial charge in [-0.2, -0.15) is 0 Å². The molecule has 2 nitrogen and oxygen atoms in total. The number of alkyl halides is 3. The minimum atomic E-state index is -4.68. The fraction of sp³-hybridized carbons (Fsp3) is 0.273. The van der Waals surface area contributed by atoms with Crippen LogP contribution in [0.3, 0.4) is 0 Å². The van der Waals surface area contributed by atoms with Crippen molar-refractivity contribution in [1.82, 2.24) is 0 Å². The fourth-order valence-electron chi connectivity index (χ4n) is 1.26. The standard InChI is InChI=1S/C11H12F3NO/c1-2-4-10(15)8-5-3-6-9(7-8)16-11(12,13)14/h2-3,5-7,10H,1,4,15H2. The number of nitrogens with two attached hydrogens (primary N) is 1. The molecule has 1 aromatic carbocycles. The van der Waals surface area contributed by atoms with E-state index in [0.717, 1.165) is 0 Å². The van der Waals surface area contributed by atoms with E-state index in [4.69, 9.17) is 5.73 Å². The molecule has 0 aromatic heterocycles. The van der Waals surface area contributed by atoms with Crippen molar-refractivity contribution in [2.24, 2.45) is 5.73 Å². The number of halogens is 3. The highest BCUT2D eigenvalue weighted by Gasteiger charge is 2.31. The van der Waals surface area contributed by atoms with Gasteiger partial charge in [0.2, 0.25) is 0 Å². The lowest BCUT2D eigenvalue weighted by Crippen LogP contribution is -2.17. The SMILES string of the molecule is C=CCC(N)c1cccc(OC(F)(F)F)c1. The summed E-state index contributed by atoms with van der Waals surface area (Å²) in [6.45, 7) is 3.52. The highest BCUT2D eigenvalue weighted by molar-refractivity contribution is 5.30. The van der Waals surface area contributed by atoms with Gasteiger partial charge in [0.05, 0.1) is 0 Å². The second-order valence-electron chi connectivity index (χ2n) is 3.25. The van der Waals surface area contributed by atoms with Gasteiger partial charge in [-0.3, -0.25) is 0 Å². The molecular weight excluding hydrogens is 219 g/mol. The molecule has 0 heterocycles. The Morgan fingerprint density at radius 1 is 1.44 bits per heavy atom. The van der Waals surface area contributed by atoms with Crippen molar-refractivity contribution in [3.05, 3.63) is 42.5 Å². The van der Waals surface area contributed by atoms with Crippen molar-refractivity contribution >= 4 is 0 Å². The van der Waals surface area contributed by atoms with Crippen LogP contribution in [-0.2, 0) is 0 Å². The van der Waals surface area contributed by atoms with Gasteiger partial charge in [-0.1, -0.05) is 18.2 Å². The Bertz CT molecular complexity index is 362. The number of ether oxygens (including phenoxy) is 1. The molecule has 0 aliphatic carbocycles. The second kappa shape index (κ2) is 5.03. The summed E-state index contributed by atoms with van der Waals surface area (Å²) in [7, 11) is 0. The average Bonchev–Trinajstić information content (AvgIpc) is 2.16. The van der Waals surface area contributed by atoms with E-state index in [1.165, 1.54) is 18.2 Å². The molecule has 0 saturated carbocycles. The van der Waals surface area contributed by atoms with Crippen molar-refractivity contribution in [3.63, 3.8) is 0 Å². The third-order valence-electron chi connectivity index (χ3n) is 1.94. The first-order valence-corrected chi connectivity index (χ1v) is 4.64. The molecule has 0 fully saturated rings. The molecule has 0 saturated heterocycles. The molecule has 0 amide bonds. The van der Waals surface area contributed by atoms with Crippen LogP contribution in [0, 0.1) is 0 Å². The first kappa shape index (κ1) is 12.6. The molecule has 2 N–H and O–H groups in total. The van der Waals surface area contributed by atoms with Crippen LogP contribution in [0.4, 0.5) is 13.2 Å². The van der Waals surface area contributed by atoms with Crippen molar-refractivity contribution in [2.75, 3.05) is 0 Å². The Hall–Kier alpha value is -1.49. The minimum absolute atomic E-state index is 0.260. The van der Waals surface area contributed by atoms with Gasteiger partial charge >= 0.3 is 6.36 Å². The summed E-state index contributed by atoms with van der Waals surface area (Å²) >= 11 is 0. The Balaban J connectivity index is 2.82. The van der Waals surface area contributed by atoms with E-state index >= 15 is 0 Å². The van der Waals surface area contributed by atoms with E-state index in [1.54, 1.807) is 12.1 Å². The highest BCUT2D eigenvalue weighted by atomic mass is 19.4. The van der Waals surface area contributed by atoms with Gasteiger partial charge in [0, 0.05) is 6.04 Å². The molecule has 0 spiro atoms. The maximum absolute atomic E-state index is 12.0. The van der Waals surface area contributed by atoms with Crippen LogP contribution in [0.15, 0.2) is 36.9 Å². The lowest BCUT2D eigenvalue weighted by atomic mass is 10.0. The average molecular weight is 231 g/mol. The topological polar surface area (TPSA) is 35.2 Å². The summed E-state index contributed by atoms with van der Waals surface area (Å²) in [6, 6.07) is 5.27. The Morgan fingerprint density at radius 2 is 2.12 bits per heavy atom. The van der Waals surface area contributed by atoms with E-state index < -0.39 is 6.36 Å². The zero-order chi connectivity index (χ0) is 12.2. The second-order valence-corrected chi connectivity index (χ2v) is 3.25. The predicted molar refractivity (Wildman–Crippen MR) is 54.9 cm³/mol. The van der Waals surface area contributed by atoms with Crippen molar-refractivity contribution in [1.29, 1.82) is 0 Å². The molecule has 1 unspecified atom stereocenters.